The average Bonchev–Trinajstić information content (AvgIpc) is 2.73. The first-order valence-corrected chi connectivity index (χ1v) is 10.3. The summed E-state index contributed by atoms with van der Waals surface area (Å²) in [6.45, 7) is 5.05. The van der Waals surface area contributed by atoms with Crippen LogP contribution < -0.4 is 0 Å². The molecule has 1 atom stereocenters. The van der Waals surface area contributed by atoms with Crippen LogP contribution in [0.3, 0.4) is 0 Å². The van der Waals surface area contributed by atoms with E-state index in [-0.39, 0.29) is 11.9 Å². The normalized spacial score (nSPS) is 18.2. The molecule has 0 spiro atoms. The molecule has 0 amide bonds. The van der Waals surface area contributed by atoms with Gasteiger partial charge in [-0.25, -0.2) is 0 Å². The second-order valence-corrected chi connectivity index (χ2v) is 7.91. The highest BCUT2D eigenvalue weighted by Crippen LogP contribution is 2.36. The largest absolute Gasteiger partial charge is 0.466 e. The van der Waals surface area contributed by atoms with Crippen molar-refractivity contribution in [2.75, 3.05) is 19.7 Å². The summed E-state index contributed by atoms with van der Waals surface area (Å²) in [7, 11) is 0. The number of benzene rings is 4. The van der Waals surface area contributed by atoms with Gasteiger partial charge in [-0.2, -0.15) is 0 Å². The van der Waals surface area contributed by atoms with Crippen molar-refractivity contribution in [1.29, 1.82) is 0 Å². The van der Waals surface area contributed by atoms with Crippen molar-refractivity contribution in [3.8, 4) is 0 Å². The minimum Gasteiger partial charge on any atom is -0.466 e. The van der Waals surface area contributed by atoms with Crippen LogP contribution in [0.25, 0.3) is 32.3 Å². The third-order valence-corrected chi connectivity index (χ3v) is 6.14. The average molecular weight is 371 g/mol. The molecule has 3 heteroatoms. The lowest BCUT2D eigenvalue weighted by Crippen LogP contribution is -2.38. The standard InChI is InChI=1S/C25H25NO2/c1-2-28-25(27)21-7-4-14-26(16-21)15-20-11-10-19-9-8-17-5-3-6-18-12-13-22(20)24(19)23(17)18/h3,5-6,8-13,21H,2,4,7,14-16H2,1H3/t21-/m1/s1. The predicted molar refractivity (Wildman–Crippen MR) is 115 cm³/mol. The van der Waals surface area contributed by atoms with Crippen molar-refractivity contribution in [3.05, 3.63) is 60.2 Å². The summed E-state index contributed by atoms with van der Waals surface area (Å²) in [6.07, 6.45) is 1.99. The lowest BCUT2D eigenvalue weighted by Gasteiger charge is -2.31. The van der Waals surface area contributed by atoms with Gasteiger partial charge in [-0.3, -0.25) is 9.69 Å². The Hall–Kier alpha value is -2.65. The number of ether oxygens (including phenoxy) is 1. The topological polar surface area (TPSA) is 29.5 Å². The number of esters is 1. The highest BCUT2D eigenvalue weighted by atomic mass is 16.5. The number of piperidine rings is 1. The Morgan fingerprint density at radius 1 is 1.00 bits per heavy atom. The third kappa shape index (κ3) is 2.91. The summed E-state index contributed by atoms with van der Waals surface area (Å²) >= 11 is 0. The molecule has 4 aromatic carbocycles. The van der Waals surface area contributed by atoms with E-state index in [1.807, 2.05) is 6.92 Å². The van der Waals surface area contributed by atoms with Gasteiger partial charge in [0.1, 0.15) is 0 Å². The van der Waals surface area contributed by atoms with E-state index in [0.29, 0.717) is 6.61 Å². The molecule has 4 aromatic rings. The SMILES string of the molecule is CCOC(=O)[C@@H]1CCCN(Cc2ccc3ccc4cccc5ccc2c3c45)C1. The van der Waals surface area contributed by atoms with Crippen LogP contribution >= 0.6 is 0 Å². The molecule has 0 radical (unpaired) electrons. The van der Waals surface area contributed by atoms with Crippen molar-refractivity contribution >= 4 is 38.3 Å². The van der Waals surface area contributed by atoms with Gasteiger partial charge in [0.15, 0.2) is 0 Å². The molecular formula is C25H25NO2. The molecule has 3 nitrogen and oxygen atoms in total. The first-order chi connectivity index (χ1) is 13.7. The molecule has 0 aromatic heterocycles. The van der Waals surface area contributed by atoms with Crippen molar-refractivity contribution in [3.63, 3.8) is 0 Å². The molecule has 1 aliphatic heterocycles. The summed E-state index contributed by atoms with van der Waals surface area (Å²) in [5, 5.41) is 7.96. The van der Waals surface area contributed by atoms with E-state index in [0.717, 1.165) is 32.5 Å². The fraction of sp³-hybridized carbons (Fsp3) is 0.320. The zero-order valence-corrected chi connectivity index (χ0v) is 16.3. The van der Waals surface area contributed by atoms with E-state index in [4.69, 9.17) is 4.74 Å². The fourth-order valence-electron chi connectivity index (χ4n) is 4.83. The van der Waals surface area contributed by atoms with Crippen LogP contribution in [0.15, 0.2) is 54.6 Å². The van der Waals surface area contributed by atoms with Crippen molar-refractivity contribution in [1.82, 2.24) is 4.90 Å². The summed E-state index contributed by atoms with van der Waals surface area (Å²) in [6, 6.07) is 20.0. The summed E-state index contributed by atoms with van der Waals surface area (Å²) < 4.78 is 5.26. The van der Waals surface area contributed by atoms with Gasteiger partial charge >= 0.3 is 5.97 Å². The van der Waals surface area contributed by atoms with Crippen LogP contribution in [0.1, 0.15) is 25.3 Å². The lowest BCUT2D eigenvalue weighted by atomic mass is 9.91. The summed E-state index contributed by atoms with van der Waals surface area (Å²) in [5.74, 6) is -0.0314. The zero-order chi connectivity index (χ0) is 19.1. The van der Waals surface area contributed by atoms with Crippen LogP contribution in [0.2, 0.25) is 0 Å². The Kier molecular flexibility index (Phi) is 4.40. The Morgan fingerprint density at radius 2 is 1.71 bits per heavy atom. The van der Waals surface area contributed by atoms with E-state index in [1.54, 1.807) is 0 Å². The van der Waals surface area contributed by atoms with Crippen LogP contribution in [0, 0.1) is 5.92 Å². The molecule has 0 unspecified atom stereocenters. The monoisotopic (exact) mass is 371 g/mol. The van der Waals surface area contributed by atoms with E-state index < -0.39 is 0 Å². The van der Waals surface area contributed by atoms with Crippen LogP contribution in [-0.2, 0) is 16.1 Å². The molecule has 5 rings (SSSR count). The van der Waals surface area contributed by atoms with Crippen molar-refractivity contribution in [2.45, 2.75) is 26.3 Å². The van der Waals surface area contributed by atoms with Gasteiger partial charge in [-0.1, -0.05) is 54.6 Å². The second kappa shape index (κ2) is 7.06. The highest BCUT2D eigenvalue weighted by Gasteiger charge is 2.27. The number of rotatable bonds is 4. The van der Waals surface area contributed by atoms with Crippen molar-refractivity contribution in [2.24, 2.45) is 5.92 Å². The van der Waals surface area contributed by atoms with Crippen LogP contribution in [0.4, 0.5) is 0 Å². The molecule has 1 saturated heterocycles. The first-order valence-electron chi connectivity index (χ1n) is 10.3. The molecule has 142 valence electrons. The fourth-order valence-corrected chi connectivity index (χ4v) is 4.83. The van der Waals surface area contributed by atoms with Gasteiger partial charge in [-0.05, 0) is 64.2 Å². The Labute approximate surface area is 165 Å². The van der Waals surface area contributed by atoms with Gasteiger partial charge in [0.05, 0.1) is 12.5 Å². The number of likely N-dealkylation sites (tertiary alicyclic amines) is 1. The molecule has 0 bridgehead atoms. The van der Waals surface area contributed by atoms with Crippen LogP contribution in [-0.4, -0.2) is 30.6 Å². The molecule has 0 saturated carbocycles. The molecule has 0 aliphatic carbocycles. The van der Waals surface area contributed by atoms with Crippen LogP contribution in [0.5, 0.6) is 0 Å². The van der Waals surface area contributed by atoms with Gasteiger partial charge in [0, 0.05) is 13.1 Å². The van der Waals surface area contributed by atoms with Gasteiger partial charge in [0.25, 0.3) is 0 Å². The molecule has 1 aliphatic rings. The number of hydrogen-bond donors (Lipinski definition) is 0. The van der Waals surface area contributed by atoms with Gasteiger partial charge < -0.3 is 4.74 Å². The lowest BCUT2D eigenvalue weighted by molar-refractivity contribution is -0.150. The maximum atomic E-state index is 12.2. The molecular weight excluding hydrogens is 346 g/mol. The Morgan fingerprint density at radius 3 is 2.50 bits per heavy atom. The maximum absolute atomic E-state index is 12.2. The third-order valence-electron chi connectivity index (χ3n) is 6.14. The molecule has 28 heavy (non-hydrogen) atoms. The number of nitrogens with zero attached hydrogens (tertiary/aromatic N) is 1. The molecule has 1 fully saturated rings. The molecule has 0 N–H and O–H groups in total. The zero-order valence-electron chi connectivity index (χ0n) is 16.3. The van der Waals surface area contributed by atoms with Crippen molar-refractivity contribution < 1.29 is 9.53 Å². The van der Waals surface area contributed by atoms with E-state index in [9.17, 15) is 4.79 Å². The predicted octanol–water partition coefficient (Wildman–Crippen LogP) is 5.36. The number of carbonyl (C=O) groups is 1. The summed E-state index contributed by atoms with van der Waals surface area (Å²) in [5.41, 5.74) is 1.34. The second-order valence-electron chi connectivity index (χ2n) is 7.91. The quantitative estimate of drug-likeness (QED) is 0.357. The highest BCUT2D eigenvalue weighted by molar-refractivity contribution is 6.23. The van der Waals surface area contributed by atoms with E-state index >= 15 is 0 Å². The molecule has 1 heterocycles. The number of hydrogen-bond acceptors (Lipinski definition) is 3. The summed E-state index contributed by atoms with van der Waals surface area (Å²) in [4.78, 5) is 14.6. The maximum Gasteiger partial charge on any atom is 0.310 e. The van der Waals surface area contributed by atoms with Gasteiger partial charge in [0.2, 0.25) is 0 Å². The van der Waals surface area contributed by atoms with E-state index in [1.165, 1.54) is 37.9 Å². The first kappa shape index (κ1) is 17.4. The minimum absolute atomic E-state index is 0.00786. The minimum atomic E-state index is -0.0393. The smallest absolute Gasteiger partial charge is 0.310 e. The van der Waals surface area contributed by atoms with E-state index in [2.05, 4.69) is 59.5 Å². The Balaban J connectivity index is 1.52. The Bertz CT molecular complexity index is 1130. The van der Waals surface area contributed by atoms with Gasteiger partial charge in [-0.15, -0.1) is 0 Å². The number of carbonyl (C=O) groups excluding carboxylic acids is 1.